The van der Waals surface area contributed by atoms with Crippen LogP contribution in [-0.4, -0.2) is 28.2 Å². The zero-order valence-corrected chi connectivity index (χ0v) is 15.7. The van der Waals surface area contributed by atoms with Gasteiger partial charge in [-0.3, -0.25) is 0 Å². The monoisotopic (exact) mass is 403 g/mol. The summed E-state index contributed by atoms with van der Waals surface area (Å²) in [4.78, 5) is -0.942. The van der Waals surface area contributed by atoms with Crippen LogP contribution in [0, 0.1) is 17.5 Å². The van der Waals surface area contributed by atoms with Crippen molar-refractivity contribution in [3.05, 3.63) is 53.3 Å². The fourth-order valence-corrected chi connectivity index (χ4v) is 3.47. The molecule has 0 radical (unpaired) electrons. The van der Waals surface area contributed by atoms with E-state index < -0.39 is 32.4 Å². The Balaban J connectivity index is 2.09. The molecule has 0 unspecified atom stereocenters. The van der Waals surface area contributed by atoms with Gasteiger partial charge >= 0.3 is 0 Å². The Morgan fingerprint density at radius 2 is 1.52 bits per heavy atom. The van der Waals surface area contributed by atoms with Gasteiger partial charge < -0.3 is 9.47 Å². The van der Waals surface area contributed by atoms with E-state index in [4.69, 9.17) is 9.47 Å². The smallest absolute Gasteiger partial charge is 0.243 e. The third-order valence-corrected chi connectivity index (χ3v) is 5.05. The van der Waals surface area contributed by atoms with Gasteiger partial charge in [0.25, 0.3) is 0 Å². The van der Waals surface area contributed by atoms with Gasteiger partial charge in [0.2, 0.25) is 10.0 Å². The average Bonchev–Trinajstić information content (AvgIpc) is 2.60. The number of benzene rings is 2. The molecule has 0 saturated heterocycles. The van der Waals surface area contributed by atoms with Crippen LogP contribution in [0.5, 0.6) is 11.5 Å². The molecule has 0 saturated carbocycles. The number of halogens is 3. The molecule has 0 aromatic heterocycles. The Hall–Kier alpha value is -2.26. The highest BCUT2D eigenvalue weighted by atomic mass is 32.2. The summed E-state index contributed by atoms with van der Waals surface area (Å²) in [6, 6.07) is 5.70. The molecule has 0 atom stereocenters. The Morgan fingerprint density at radius 3 is 2.19 bits per heavy atom. The predicted molar refractivity (Wildman–Crippen MR) is 94.0 cm³/mol. The topological polar surface area (TPSA) is 64.6 Å². The number of hydrogen-bond donors (Lipinski definition) is 1. The van der Waals surface area contributed by atoms with Crippen molar-refractivity contribution < 1.29 is 31.1 Å². The third-order valence-electron chi connectivity index (χ3n) is 3.58. The Bertz CT molecular complexity index is 904. The maximum atomic E-state index is 13.7. The second kappa shape index (κ2) is 9.09. The SMILES string of the molecule is CCOc1ccc(CCNS(=O)(=O)c2cc(F)c(F)cc2F)cc1OCC. The number of rotatable bonds is 9. The molecule has 0 aliphatic heterocycles. The Kier molecular flexibility index (Phi) is 7.09. The molecule has 0 heterocycles. The molecular weight excluding hydrogens is 383 g/mol. The molecule has 2 aromatic rings. The van der Waals surface area contributed by atoms with Gasteiger partial charge in [-0.15, -0.1) is 0 Å². The Morgan fingerprint density at radius 1 is 0.889 bits per heavy atom. The van der Waals surface area contributed by atoms with E-state index in [1.807, 2.05) is 13.8 Å². The second-order valence-corrected chi connectivity index (χ2v) is 7.23. The van der Waals surface area contributed by atoms with Gasteiger partial charge in [-0.05, 0) is 44.0 Å². The van der Waals surface area contributed by atoms with E-state index in [9.17, 15) is 21.6 Å². The van der Waals surface area contributed by atoms with Crippen molar-refractivity contribution in [2.45, 2.75) is 25.2 Å². The summed E-state index contributed by atoms with van der Waals surface area (Å²) in [5.41, 5.74) is 0.760. The first-order valence-electron chi connectivity index (χ1n) is 8.31. The number of sulfonamides is 1. The van der Waals surface area contributed by atoms with Crippen molar-refractivity contribution >= 4 is 10.0 Å². The van der Waals surface area contributed by atoms with E-state index in [0.29, 0.717) is 30.8 Å². The molecule has 5 nitrogen and oxygen atoms in total. The van der Waals surface area contributed by atoms with Crippen LogP contribution in [0.4, 0.5) is 13.2 Å². The van der Waals surface area contributed by atoms with E-state index in [1.54, 1.807) is 18.2 Å². The minimum absolute atomic E-state index is 0.0691. The second-order valence-electron chi connectivity index (χ2n) is 5.49. The van der Waals surface area contributed by atoms with E-state index in [1.165, 1.54) is 0 Å². The fraction of sp³-hybridized carbons (Fsp3) is 0.333. The van der Waals surface area contributed by atoms with Gasteiger partial charge in [-0.2, -0.15) is 0 Å². The standard InChI is InChI=1S/C18H20F3NO4S/c1-3-25-16-6-5-12(9-17(16)26-4-2)7-8-22-27(23,24)18-11-14(20)13(19)10-15(18)21/h5-6,9-11,22H,3-4,7-8H2,1-2H3. The van der Waals surface area contributed by atoms with Crippen molar-refractivity contribution in [2.75, 3.05) is 19.8 Å². The van der Waals surface area contributed by atoms with Gasteiger partial charge in [0.15, 0.2) is 23.1 Å². The predicted octanol–water partition coefficient (Wildman–Crippen LogP) is 3.42. The lowest BCUT2D eigenvalue weighted by Crippen LogP contribution is -2.27. The first-order valence-corrected chi connectivity index (χ1v) is 9.79. The van der Waals surface area contributed by atoms with Crippen LogP contribution in [0.3, 0.4) is 0 Å². The minimum Gasteiger partial charge on any atom is -0.490 e. The molecule has 0 amide bonds. The maximum absolute atomic E-state index is 13.7. The van der Waals surface area contributed by atoms with Crippen LogP contribution < -0.4 is 14.2 Å². The maximum Gasteiger partial charge on any atom is 0.243 e. The van der Waals surface area contributed by atoms with Crippen LogP contribution in [0.15, 0.2) is 35.2 Å². The summed E-state index contributed by atoms with van der Waals surface area (Å²) in [7, 11) is -4.33. The van der Waals surface area contributed by atoms with E-state index in [-0.39, 0.29) is 19.0 Å². The molecular formula is C18H20F3NO4S. The van der Waals surface area contributed by atoms with Gasteiger partial charge in [-0.1, -0.05) is 6.07 Å². The molecule has 2 aromatic carbocycles. The first kappa shape index (κ1) is 21.0. The zero-order chi connectivity index (χ0) is 20.0. The quantitative estimate of drug-likeness (QED) is 0.652. The van der Waals surface area contributed by atoms with E-state index >= 15 is 0 Å². The van der Waals surface area contributed by atoms with Gasteiger partial charge in [0, 0.05) is 12.6 Å². The van der Waals surface area contributed by atoms with Crippen LogP contribution in [0.2, 0.25) is 0 Å². The summed E-state index contributed by atoms with van der Waals surface area (Å²) in [6.07, 6.45) is 0.275. The lowest BCUT2D eigenvalue weighted by Gasteiger charge is -2.13. The summed E-state index contributed by atoms with van der Waals surface area (Å²) in [5, 5.41) is 0. The van der Waals surface area contributed by atoms with E-state index in [0.717, 1.165) is 5.56 Å². The molecule has 0 aliphatic carbocycles. The molecule has 2 rings (SSSR count). The van der Waals surface area contributed by atoms with Crippen LogP contribution in [0.25, 0.3) is 0 Å². The van der Waals surface area contributed by atoms with Crippen LogP contribution >= 0.6 is 0 Å². The summed E-state index contributed by atoms with van der Waals surface area (Å²) < 4.78 is 77.2. The highest BCUT2D eigenvalue weighted by molar-refractivity contribution is 7.89. The molecule has 1 N–H and O–H groups in total. The van der Waals surface area contributed by atoms with E-state index in [2.05, 4.69) is 4.72 Å². The van der Waals surface area contributed by atoms with Gasteiger partial charge in [-0.25, -0.2) is 26.3 Å². The molecule has 0 bridgehead atoms. The molecule has 27 heavy (non-hydrogen) atoms. The van der Waals surface area contributed by atoms with Crippen LogP contribution in [-0.2, 0) is 16.4 Å². The van der Waals surface area contributed by atoms with Crippen LogP contribution in [0.1, 0.15) is 19.4 Å². The molecule has 0 spiro atoms. The Labute approximate surface area is 156 Å². The highest BCUT2D eigenvalue weighted by Gasteiger charge is 2.21. The van der Waals surface area contributed by atoms with Gasteiger partial charge in [0.1, 0.15) is 10.7 Å². The minimum atomic E-state index is -4.33. The zero-order valence-electron chi connectivity index (χ0n) is 14.9. The van der Waals surface area contributed by atoms with Crippen molar-refractivity contribution in [3.63, 3.8) is 0 Å². The number of hydrogen-bond acceptors (Lipinski definition) is 4. The fourth-order valence-electron chi connectivity index (χ4n) is 2.37. The number of nitrogens with one attached hydrogen (secondary N) is 1. The van der Waals surface area contributed by atoms with Crippen molar-refractivity contribution in [1.29, 1.82) is 0 Å². The summed E-state index contributed by atoms with van der Waals surface area (Å²) in [6.45, 7) is 4.51. The molecule has 0 aliphatic rings. The van der Waals surface area contributed by atoms with Crippen molar-refractivity contribution in [1.82, 2.24) is 4.72 Å². The largest absolute Gasteiger partial charge is 0.490 e. The lowest BCUT2D eigenvalue weighted by molar-refractivity contribution is 0.287. The van der Waals surface area contributed by atoms with Crippen molar-refractivity contribution in [2.24, 2.45) is 0 Å². The molecule has 0 fully saturated rings. The highest BCUT2D eigenvalue weighted by Crippen LogP contribution is 2.28. The normalized spacial score (nSPS) is 11.4. The lowest BCUT2D eigenvalue weighted by atomic mass is 10.1. The number of ether oxygens (including phenoxy) is 2. The third kappa shape index (κ3) is 5.36. The average molecular weight is 403 g/mol. The van der Waals surface area contributed by atoms with Gasteiger partial charge in [0.05, 0.1) is 13.2 Å². The first-order chi connectivity index (χ1) is 12.8. The molecule has 148 valence electrons. The molecule has 9 heteroatoms. The summed E-state index contributed by atoms with van der Waals surface area (Å²) in [5.74, 6) is -3.14. The summed E-state index contributed by atoms with van der Waals surface area (Å²) >= 11 is 0. The van der Waals surface area contributed by atoms with Crippen molar-refractivity contribution in [3.8, 4) is 11.5 Å².